The summed E-state index contributed by atoms with van der Waals surface area (Å²) in [5, 5.41) is 32.6. The minimum absolute atomic E-state index is 0.0216. The van der Waals surface area contributed by atoms with Crippen molar-refractivity contribution in [3.05, 3.63) is 88.0 Å². The van der Waals surface area contributed by atoms with Gasteiger partial charge >= 0.3 is 5.97 Å². The van der Waals surface area contributed by atoms with E-state index in [2.05, 4.69) is 5.32 Å². The van der Waals surface area contributed by atoms with E-state index < -0.39 is 29.0 Å². The normalized spacial score (nSPS) is 12.3. The lowest BCUT2D eigenvalue weighted by Crippen LogP contribution is -2.21. The van der Waals surface area contributed by atoms with Gasteiger partial charge in [-0.25, -0.2) is 0 Å². The van der Waals surface area contributed by atoms with E-state index in [4.69, 9.17) is 5.11 Å². The summed E-state index contributed by atoms with van der Waals surface area (Å²) in [6.07, 6.45) is -0.0786. The number of phenolic OH excluding ortho intramolecular Hbond substituents is 2. The van der Waals surface area contributed by atoms with Crippen molar-refractivity contribution in [3.8, 4) is 11.5 Å². The standard InChI is InChI=1S/C23H17NO6/c25-18(26)9-12-5-7-13(8-6-12)11-24-17-10-16-19(23(30)22(17)29)21(28)15-4-2-1-3-14(15)20(16)27/h1-8,10,24,29-30H,9,11H2,(H,25,26). The monoisotopic (exact) mass is 403 g/mol. The van der Waals surface area contributed by atoms with Crippen molar-refractivity contribution in [1.29, 1.82) is 0 Å². The molecule has 0 amide bonds. The minimum atomic E-state index is -0.920. The molecule has 0 radical (unpaired) electrons. The Labute approximate surface area is 171 Å². The zero-order valence-electron chi connectivity index (χ0n) is 15.7. The summed E-state index contributed by atoms with van der Waals surface area (Å²) in [5.74, 6) is -3.00. The first-order valence-corrected chi connectivity index (χ1v) is 9.17. The second kappa shape index (κ2) is 7.36. The van der Waals surface area contributed by atoms with Crippen LogP contribution in [0.2, 0.25) is 0 Å². The zero-order chi connectivity index (χ0) is 21.4. The highest BCUT2D eigenvalue weighted by Crippen LogP contribution is 2.43. The van der Waals surface area contributed by atoms with Crippen LogP contribution in [0.25, 0.3) is 0 Å². The Morgan fingerprint density at radius 2 is 1.40 bits per heavy atom. The van der Waals surface area contributed by atoms with Gasteiger partial charge in [-0.15, -0.1) is 0 Å². The number of anilines is 1. The van der Waals surface area contributed by atoms with Gasteiger partial charge in [-0.2, -0.15) is 0 Å². The van der Waals surface area contributed by atoms with Crippen LogP contribution in [0.15, 0.2) is 54.6 Å². The SMILES string of the molecule is O=C(O)Cc1ccc(CNc2cc3c(c(O)c2O)C(=O)c2ccccc2C3=O)cc1. The highest BCUT2D eigenvalue weighted by molar-refractivity contribution is 6.29. The number of carboxylic acids is 1. The third-order valence-corrected chi connectivity index (χ3v) is 5.02. The quantitative estimate of drug-likeness (QED) is 0.378. The lowest BCUT2D eigenvalue weighted by Gasteiger charge is -2.21. The van der Waals surface area contributed by atoms with Crippen molar-refractivity contribution in [2.24, 2.45) is 0 Å². The summed E-state index contributed by atoms with van der Waals surface area (Å²) in [4.78, 5) is 36.4. The average molecular weight is 403 g/mol. The number of phenols is 2. The van der Waals surface area contributed by atoms with Gasteiger partial charge in [-0.05, 0) is 17.2 Å². The molecule has 7 heteroatoms. The third-order valence-electron chi connectivity index (χ3n) is 5.02. The van der Waals surface area contributed by atoms with Crippen LogP contribution in [0.5, 0.6) is 11.5 Å². The van der Waals surface area contributed by atoms with Crippen LogP contribution in [0, 0.1) is 0 Å². The van der Waals surface area contributed by atoms with Gasteiger partial charge in [0.2, 0.25) is 0 Å². The van der Waals surface area contributed by atoms with E-state index in [1.165, 1.54) is 12.1 Å². The lowest BCUT2D eigenvalue weighted by atomic mass is 9.83. The van der Waals surface area contributed by atoms with Gasteiger partial charge in [0.1, 0.15) is 0 Å². The molecule has 150 valence electrons. The molecule has 0 spiro atoms. The van der Waals surface area contributed by atoms with E-state index in [-0.39, 0.29) is 40.9 Å². The van der Waals surface area contributed by atoms with Crippen LogP contribution >= 0.6 is 0 Å². The number of nitrogens with one attached hydrogen (secondary N) is 1. The van der Waals surface area contributed by atoms with E-state index in [0.717, 1.165) is 5.56 Å². The first-order valence-electron chi connectivity index (χ1n) is 9.17. The van der Waals surface area contributed by atoms with Crippen molar-refractivity contribution in [2.75, 3.05) is 5.32 Å². The molecule has 0 saturated carbocycles. The van der Waals surface area contributed by atoms with Gasteiger partial charge in [0.05, 0.1) is 17.7 Å². The number of ketones is 2. The molecule has 1 aliphatic carbocycles. The van der Waals surface area contributed by atoms with Crippen molar-refractivity contribution in [3.63, 3.8) is 0 Å². The number of hydrogen-bond donors (Lipinski definition) is 4. The Kier molecular flexibility index (Phi) is 4.71. The Balaban J connectivity index is 1.63. The minimum Gasteiger partial charge on any atom is -0.504 e. The maximum Gasteiger partial charge on any atom is 0.307 e. The summed E-state index contributed by atoms with van der Waals surface area (Å²) in [6, 6.07) is 14.6. The van der Waals surface area contributed by atoms with Gasteiger partial charge in [0.25, 0.3) is 0 Å². The largest absolute Gasteiger partial charge is 0.504 e. The van der Waals surface area contributed by atoms with E-state index in [0.29, 0.717) is 5.56 Å². The average Bonchev–Trinajstić information content (AvgIpc) is 2.73. The fourth-order valence-corrected chi connectivity index (χ4v) is 3.51. The van der Waals surface area contributed by atoms with Gasteiger partial charge in [0, 0.05) is 23.2 Å². The molecule has 30 heavy (non-hydrogen) atoms. The van der Waals surface area contributed by atoms with Gasteiger partial charge in [-0.3, -0.25) is 14.4 Å². The highest BCUT2D eigenvalue weighted by atomic mass is 16.4. The number of benzene rings is 3. The maximum atomic E-state index is 12.8. The molecule has 0 heterocycles. The molecule has 0 bridgehead atoms. The van der Waals surface area contributed by atoms with Crippen LogP contribution in [-0.4, -0.2) is 32.9 Å². The fourth-order valence-electron chi connectivity index (χ4n) is 3.51. The smallest absolute Gasteiger partial charge is 0.307 e. The topological polar surface area (TPSA) is 124 Å². The Morgan fingerprint density at radius 3 is 2.03 bits per heavy atom. The van der Waals surface area contributed by atoms with Crippen molar-refractivity contribution >= 4 is 23.2 Å². The first kappa shape index (κ1) is 19.2. The van der Waals surface area contributed by atoms with E-state index in [1.807, 2.05) is 0 Å². The molecule has 0 saturated heterocycles. The summed E-state index contributed by atoms with van der Waals surface area (Å²) in [6.45, 7) is 0.248. The number of carbonyl (C=O) groups excluding carboxylic acids is 2. The number of fused-ring (bicyclic) bond motifs is 2. The van der Waals surface area contributed by atoms with Gasteiger partial charge in [-0.1, -0.05) is 48.5 Å². The Hall–Kier alpha value is -4.13. The molecular weight excluding hydrogens is 386 g/mol. The van der Waals surface area contributed by atoms with Crippen molar-refractivity contribution < 1.29 is 29.7 Å². The second-order valence-electron chi connectivity index (χ2n) is 6.99. The molecule has 0 fully saturated rings. The molecule has 1 aliphatic rings. The van der Waals surface area contributed by atoms with Crippen LogP contribution in [0.4, 0.5) is 5.69 Å². The van der Waals surface area contributed by atoms with E-state index in [9.17, 15) is 24.6 Å². The van der Waals surface area contributed by atoms with Gasteiger partial charge < -0.3 is 20.6 Å². The molecule has 0 aliphatic heterocycles. The zero-order valence-corrected chi connectivity index (χ0v) is 15.7. The molecular formula is C23H17NO6. The summed E-state index contributed by atoms with van der Waals surface area (Å²) in [7, 11) is 0. The predicted molar refractivity (Wildman–Crippen MR) is 108 cm³/mol. The van der Waals surface area contributed by atoms with Crippen LogP contribution in [0.1, 0.15) is 43.0 Å². The second-order valence-corrected chi connectivity index (χ2v) is 6.99. The number of aliphatic carboxylic acids is 1. The lowest BCUT2D eigenvalue weighted by molar-refractivity contribution is -0.136. The molecule has 4 N–H and O–H groups in total. The van der Waals surface area contributed by atoms with E-state index in [1.54, 1.807) is 42.5 Å². The molecule has 3 aromatic carbocycles. The summed E-state index contributed by atoms with van der Waals surface area (Å²) < 4.78 is 0. The summed E-state index contributed by atoms with van der Waals surface area (Å²) >= 11 is 0. The van der Waals surface area contributed by atoms with Crippen molar-refractivity contribution in [1.82, 2.24) is 0 Å². The number of aromatic hydroxyl groups is 2. The van der Waals surface area contributed by atoms with E-state index >= 15 is 0 Å². The molecule has 0 aromatic heterocycles. The molecule has 0 atom stereocenters. The maximum absolute atomic E-state index is 12.8. The van der Waals surface area contributed by atoms with Crippen molar-refractivity contribution in [2.45, 2.75) is 13.0 Å². The molecule has 3 aromatic rings. The Morgan fingerprint density at radius 1 is 0.800 bits per heavy atom. The Bertz CT molecular complexity index is 1200. The molecule has 7 nitrogen and oxygen atoms in total. The number of hydrogen-bond acceptors (Lipinski definition) is 6. The third kappa shape index (κ3) is 3.26. The van der Waals surface area contributed by atoms with Crippen LogP contribution < -0.4 is 5.32 Å². The predicted octanol–water partition coefficient (Wildman–Crippen LogP) is 3.11. The number of carboxylic acid groups (broad SMARTS) is 1. The number of carbonyl (C=O) groups is 3. The molecule has 4 rings (SSSR count). The fraction of sp³-hybridized carbons (Fsp3) is 0.0870. The number of rotatable bonds is 5. The van der Waals surface area contributed by atoms with Crippen LogP contribution in [0.3, 0.4) is 0 Å². The summed E-state index contributed by atoms with van der Waals surface area (Å²) in [5.41, 5.74) is 1.82. The van der Waals surface area contributed by atoms with Crippen LogP contribution in [-0.2, 0) is 17.8 Å². The first-order chi connectivity index (χ1) is 14.4. The molecule has 0 unspecified atom stereocenters. The highest BCUT2D eigenvalue weighted by Gasteiger charge is 2.34. The van der Waals surface area contributed by atoms with Gasteiger partial charge in [0.15, 0.2) is 23.1 Å².